The summed E-state index contributed by atoms with van der Waals surface area (Å²) in [6.07, 6.45) is 2.51. The number of unbranched alkanes of at least 4 members (excludes halogenated alkanes) is 1. The van der Waals surface area contributed by atoms with E-state index < -0.39 is 0 Å². The molecule has 0 aliphatic heterocycles. The van der Waals surface area contributed by atoms with Crippen LogP contribution < -0.4 is 5.73 Å². The average Bonchev–Trinajstić information content (AvgIpc) is 1.61. The molecule has 0 spiro atoms. The fraction of sp³-hybridized carbons (Fsp3) is 0.800. The summed E-state index contributed by atoms with van der Waals surface area (Å²) < 4.78 is 0. The molecule has 0 heterocycles. The first kappa shape index (κ1) is 11.1. The standard InChI is InChI=1S/C5H11NO.HI/c1-2-3-4-5(6)7;/h2-4H2,1H3,(H2,6,7);1H. The molecular weight excluding hydrogens is 217 g/mol. The summed E-state index contributed by atoms with van der Waals surface area (Å²) in [5.41, 5.74) is 4.84. The van der Waals surface area contributed by atoms with Crippen LogP contribution in [0.1, 0.15) is 26.2 Å². The predicted octanol–water partition coefficient (Wildman–Crippen LogP) is 1.28. The quantitative estimate of drug-likeness (QED) is 0.728. The van der Waals surface area contributed by atoms with Gasteiger partial charge in [0.2, 0.25) is 5.91 Å². The Morgan fingerprint density at radius 1 is 1.62 bits per heavy atom. The number of carbonyl (C=O) groups excluding carboxylic acids is 1. The molecule has 0 aromatic carbocycles. The summed E-state index contributed by atoms with van der Waals surface area (Å²) in [4.78, 5) is 9.98. The predicted molar refractivity (Wildman–Crippen MR) is 44.1 cm³/mol. The molecule has 0 fully saturated rings. The van der Waals surface area contributed by atoms with E-state index in [9.17, 15) is 4.79 Å². The maximum atomic E-state index is 9.98. The summed E-state index contributed by atoms with van der Waals surface area (Å²) in [7, 11) is 0. The Balaban J connectivity index is 0. The smallest absolute Gasteiger partial charge is 0.217 e. The third-order valence-corrected chi connectivity index (χ3v) is 0.777. The van der Waals surface area contributed by atoms with E-state index in [2.05, 4.69) is 0 Å². The summed E-state index contributed by atoms with van der Waals surface area (Å²) in [5, 5.41) is 0. The van der Waals surface area contributed by atoms with Gasteiger partial charge in [-0.15, -0.1) is 24.0 Å². The zero-order valence-electron chi connectivity index (χ0n) is 5.02. The van der Waals surface area contributed by atoms with Crippen LogP contribution in [-0.4, -0.2) is 5.91 Å². The minimum atomic E-state index is -0.193. The molecule has 0 aliphatic carbocycles. The van der Waals surface area contributed by atoms with Gasteiger partial charge in [-0.2, -0.15) is 0 Å². The Labute approximate surface area is 66.8 Å². The van der Waals surface area contributed by atoms with Crippen molar-refractivity contribution in [2.24, 2.45) is 5.73 Å². The minimum absolute atomic E-state index is 0. The van der Waals surface area contributed by atoms with Crippen LogP contribution in [0.4, 0.5) is 0 Å². The molecule has 50 valence electrons. The average molecular weight is 229 g/mol. The van der Waals surface area contributed by atoms with Gasteiger partial charge < -0.3 is 5.73 Å². The van der Waals surface area contributed by atoms with Gasteiger partial charge in [0, 0.05) is 6.42 Å². The van der Waals surface area contributed by atoms with E-state index in [1.54, 1.807) is 0 Å². The van der Waals surface area contributed by atoms with Crippen LogP contribution in [0.15, 0.2) is 0 Å². The van der Waals surface area contributed by atoms with E-state index in [1.807, 2.05) is 6.92 Å². The van der Waals surface area contributed by atoms with Crippen LogP contribution in [0.25, 0.3) is 0 Å². The Morgan fingerprint density at radius 3 is 2.25 bits per heavy atom. The number of nitrogens with two attached hydrogens (primary N) is 1. The van der Waals surface area contributed by atoms with E-state index in [-0.39, 0.29) is 29.9 Å². The fourth-order valence-electron chi connectivity index (χ4n) is 0.351. The van der Waals surface area contributed by atoms with Gasteiger partial charge in [-0.3, -0.25) is 4.79 Å². The molecule has 0 radical (unpaired) electrons. The van der Waals surface area contributed by atoms with Crippen LogP contribution in [0.2, 0.25) is 0 Å². The lowest BCUT2D eigenvalue weighted by Gasteiger charge is -1.86. The SMILES string of the molecule is CCCCC(N)=O.I. The highest BCUT2D eigenvalue weighted by molar-refractivity contribution is 14.0. The van der Waals surface area contributed by atoms with Crippen LogP contribution in [0.3, 0.4) is 0 Å². The molecule has 2 nitrogen and oxygen atoms in total. The van der Waals surface area contributed by atoms with Crippen LogP contribution in [0.5, 0.6) is 0 Å². The molecule has 0 rings (SSSR count). The topological polar surface area (TPSA) is 43.1 Å². The molecule has 1 amide bonds. The van der Waals surface area contributed by atoms with Gasteiger partial charge >= 0.3 is 0 Å². The third kappa shape index (κ3) is 9.50. The van der Waals surface area contributed by atoms with E-state index in [0.29, 0.717) is 6.42 Å². The Bertz CT molecular complexity index is 65.4. The number of hydrogen-bond donors (Lipinski definition) is 1. The second-order valence-electron chi connectivity index (χ2n) is 1.57. The number of primary amides is 1. The molecular formula is C5H12INO. The molecule has 0 saturated carbocycles. The van der Waals surface area contributed by atoms with Crippen molar-refractivity contribution in [1.29, 1.82) is 0 Å². The van der Waals surface area contributed by atoms with Crippen molar-refractivity contribution in [3.8, 4) is 0 Å². The lowest BCUT2D eigenvalue weighted by molar-refractivity contribution is -0.118. The monoisotopic (exact) mass is 229 g/mol. The molecule has 0 aromatic heterocycles. The zero-order valence-corrected chi connectivity index (χ0v) is 7.35. The molecule has 0 saturated heterocycles. The van der Waals surface area contributed by atoms with Crippen LogP contribution in [-0.2, 0) is 4.79 Å². The zero-order chi connectivity index (χ0) is 5.70. The molecule has 0 aliphatic rings. The lowest BCUT2D eigenvalue weighted by Crippen LogP contribution is -2.09. The molecule has 0 unspecified atom stereocenters. The van der Waals surface area contributed by atoms with E-state index in [4.69, 9.17) is 5.73 Å². The summed E-state index contributed by atoms with van der Waals surface area (Å²) in [5.74, 6) is -0.193. The Kier molecular flexibility index (Phi) is 9.95. The highest BCUT2D eigenvalue weighted by Crippen LogP contribution is 1.89. The van der Waals surface area contributed by atoms with Gasteiger partial charge in [-0.1, -0.05) is 13.3 Å². The highest BCUT2D eigenvalue weighted by Gasteiger charge is 1.88. The first-order chi connectivity index (χ1) is 3.27. The molecule has 8 heavy (non-hydrogen) atoms. The van der Waals surface area contributed by atoms with Gasteiger partial charge in [0.25, 0.3) is 0 Å². The van der Waals surface area contributed by atoms with Crippen molar-refractivity contribution in [3.05, 3.63) is 0 Å². The summed E-state index contributed by atoms with van der Waals surface area (Å²) >= 11 is 0. The fourth-order valence-corrected chi connectivity index (χ4v) is 0.351. The normalized spacial score (nSPS) is 7.62. The minimum Gasteiger partial charge on any atom is -0.370 e. The van der Waals surface area contributed by atoms with Crippen LogP contribution >= 0.6 is 24.0 Å². The van der Waals surface area contributed by atoms with E-state index in [0.717, 1.165) is 12.8 Å². The highest BCUT2D eigenvalue weighted by atomic mass is 127. The van der Waals surface area contributed by atoms with Crippen molar-refractivity contribution in [3.63, 3.8) is 0 Å². The number of carbonyl (C=O) groups is 1. The first-order valence-corrected chi connectivity index (χ1v) is 2.55. The van der Waals surface area contributed by atoms with Gasteiger partial charge in [0.15, 0.2) is 0 Å². The molecule has 0 aromatic rings. The van der Waals surface area contributed by atoms with Crippen molar-refractivity contribution in [1.82, 2.24) is 0 Å². The largest absolute Gasteiger partial charge is 0.370 e. The van der Waals surface area contributed by atoms with Crippen molar-refractivity contribution in [2.75, 3.05) is 0 Å². The number of rotatable bonds is 3. The first-order valence-electron chi connectivity index (χ1n) is 2.55. The second-order valence-corrected chi connectivity index (χ2v) is 1.57. The van der Waals surface area contributed by atoms with Gasteiger partial charge in [-0.05, 0) is 6.42 Å². The lowest BCUT2D eigenvalue weighted by atomic mass is 10.2. The molecule has 0 atom stereocenters. The van der Waals surface area contributed by atoms with E-state index >= 15 is 0 Å². The third-order valence-electron chi connectivity index (χ3n) is 0.777. The maximum absolute atomic E-state index is 9.98. The summed E-state index contributed by atoms with van der Waals surface area (Å²) in [6, 6.07) is 0. The maximum Gasteiger partial charge on any atom is 0.217 e. The summed E-state index contributed by atoms with van der Waals surface area (Å²) in [6.45, 7) is 2.03. The molecule has 2 N–H and O–H groups in total. The van der Waals surface area contributed by atoms with Crippen molar-refractivity contribution in [2.45, 2.75) is 26.2 Å². The second kappa shape index (κ2) is 7.20. The van der Waals surface area contributed by atoms with Gasteiger partial charge in [0.1, 0.15) is 0 Å². The molecule has 0 bridgehead atoms. The van der Waals surface area contributed by atoms with E-state index in [1.165, 1.54) is 0 Å². The van der Waals surface area contributed by atoms with Crippen molar-refractivity contribution < 1.29 is 4.79 Å². The van der Waals surface area contributed by atoms with Gasteiger partial charge in [-0.25, -0.2) is 0 Å². The van der Waals surface area contributed by atoms with Crippen molar-refractivity contribution >= 4 is 29.9 Å². The number of amides is 1. The Hall–Kier alpha value is 0.200. The molecule has 3 heteroatoms. The van der Waals surface area contributed by atoms with Crippen LogP contribution in [0, 0.1) is 0 Å². The Morgan fingerprint density at radius 2 is 2.12 bits per heavy atom. The van der Waals surface area contributed by atoms with Gasteiger partial charge in [0.05, 0.1) is 0 Å². The number of halogens is 1. The number of hydrogen-bond acceptors (Lipinski definition) is 1.